The molecule has 42 heavy (non-hydrogen) atoms. The Bertz CT molecular complexity index is 1510. The number of hydrogen-bond donors (Lipinski definition) is 3. The number of halogens is 2. The standard InChI is InChI=1S/C29H34F2N8O3/c1-17(32-2)15-39-16-19(13-35-39)22-14-34-25(10-24(22)42-20-7-8-20)36-27-11-26(37-29(38-27)28(30)31)33-12-18-5-6-21(40-3)9-23(18)41-4/h5-6,9-11,13-14,16-17,20,28,32H,7-8,12,15H2,1-4H3,(H2,33,34,36,37,38). The van der Waals surface area contributed by atoms with Crippen LogP contribution in [0.5, 0.6) is 17.2 Å². The lowest BCUT2D eigenvalue weighted by molar-refractivity contribution is 0.140. The van der Waals surface area contributed by atoms with Gasteiger partial charge in [-0.15, -0.1) is 0 Å². The molecule has 0 saturated heterocycles. The number of alkyl halides is 2. The highest BCUT2D eigenvalue weighted by molar-refractivity contribution is 5.71. The number of rotatable bonds is 14. The maximum Gasteiger partial charge on any atom is 0.297 e. The molecular weight excluding hydrogens is 546 g/mol. The zero-order valence-corrected chi connectivity index (χ0v) is 23.9. The number of benzene rings is 1. The smallest absolute Gasteiger partial charge is 0.297 e. The number of nitrogens with zero attached hydrogens (tertiary/aromatic N) is 5. The molecule has 0 amide bonds. The van der Waals surface area contributed by atoms with E-state index < -0.39 is 12.2 Å². The van der Waals surface area contributed by atoms with Gasteiger partial charge in [-0.2, -0.15) is 5.10 Å². The maximum atomic E-state index is 13.7. The average Bonchev–Trinajstić information content (AvgIpc) is 3.70. The molecule has 1 fully saturated rings. The predicted octanol–water partition coefficient (Wildman–Crippen LogP) is 5.19. The van der Waals surface area contributed by atoms with Crippen LogP contribution >= 0.6 is 0 Å². The number of ether oxygens (including phenoxy) is 3. The summed E-state index contributed by atoms with van der Waals surface area (Å²) < 4.78 is 46.2. The van der Waals surface area contributed by atoms with Crippen molar-refractivity contribution in [2.24, 2.45) is 0 Å². The first-order valence-electron chi connectivity index (χ1n) is 13.6. The van der Waals surface area contributed by atoms with Gasteiger partial charge >= 0.3 is 0 Å². The van der Waals surface area contributed by atoms with Gasteiger partial charge in [0.25, 0.3) is 6.43 Å². The summed E-state index contributed by atoms with van der Waals surface area (Å²) in [5.41, 5.74) is 2.46. The molecule has 4 aromatic rings. The van der Waals surface area contributed by atoms with Crippen molar-refractivity contribution >= 4 is 17.5 Å². The Morgan fingerprint density at radius 3 is 2.52 bits per heavy atom. The molecule has 5 rings (SSSR count). The SMILES string of the molecule is CNC(C)Cn1cc(-c2cnc(Nc3cc(NCc4ccc(OC)cc4OC)nc(C(F)F)n3)cc2OC2CC2)cn1. The highest BCUT2D eigenvalue weighted by Crippen LogP contribution is 2.36. The molecule has 0 spiro atoms. The minimum Gasteiger partial charge on any atom is -0.497 e. The van der Waals surface area contributed by atoms with E-state index in [-0.39, 0.29) is 30.3 Å². The van der Waals surface area contributed by atoms with Gasteiger partial charge in [-0.1, -0.05) is 0 Å². The van der Waals surface area contributed by atoms with Crippen LogP contribution in [0.3, 0.4) is 0 Å². The number of methoxy groups -OCH3 is 2. The largest absolute Gasteiger partial charge is 0.497 e. The minimum atomic E-state index is -2.87. The van der Waals surface area contributed by atoms with Crippen LogP contribution in [0, 0.1) is 0 Å². The number of nitrogens with one attached hydrogen (secondary N) is 3. The summed E-state index contributed by atoms with van der Waals surface area (Å²) in [6, 6.07) is 8.93. The number of likely N-dealkylation sites (N-methyl/N-ethyl adjacent to an activating group) is 1. The topological polar surface area (TPSA) is 120 Å². The number of anilines is 3. The first-order chi connectivity index (χ1) is 20.3. The molecule has 0 aliphatic heterocycles. The van der Waals surface area contributed by atoms with E-state index in [0.717, 1.165) is 29.5 Å². The van der Waals surface area contributed by atoms with Crippen molar-refractivity contribution in [3.8, 4) is 28.4 Å². The number of hydrogen-bond acceptors (Lipinski definition) is 10. The molecule has 11 nitrogen and oxygen atoms in total. The number of aromatic nitrogens is 5. The molecular formula is C29H34F2N8O3. The molecule has 1 atom stereocenters. The van der Waals surface area contributed by atoms with E-state index in [4.69, 9.17) is 14.2 Å². The predicted molar refractivity (Wildman–Crippen MR) is 155 cm³/mol. The van der Waals surface area contributed by atoms with Gasteiger partial charge < -0.3 is 30.2 Å². The van der Waals surface area contributed by atoms with E-state index in [1.165, 1.54) is 0 Å². The molecule has 0 bridgehead atoms. The van der Waals surface area contributed by atoms with Crippen LogP contribution in [-0.2, 0) is 13.1 Å². The van der Waals surface area contributed by atoms with Crippen LogP contribution in [0.1, 0.15) is 37.6 Å². The zero-order valence-electron chi connectivity index (χ0n) is 23.9. The van der Waals surface area contributed by atoms with Crippen LogP contribution in [0.2, 0.25) is 0 Å². The van der Waals surface area contributed by atoms with Gasteiger partial charge in [0, 0.05) is 59.9 Å². The van der Waals surface area contributed by atoms with Crippen molar-refractivity contribution in [3.63, 3.8) is 0 Å². The third kappa shape index (κ3) is 7.21. The van der Waals surface area contributed by atoms with E-state index in [0.29, 0.717) is 29.6 Å². The van der Waals surface area contributed by atoms with E-state index in [9.17, 15) is 8.78 Å². The zero-order chi connectivity index (χ0) is 29.6. The lowest BCUT2D eigenvalue weighted by atomic mass is 10.1. The van der Waals surface area contributed by atoms with E-state index >= 15 is 0 Å². The Hall–Kier alpha value is -4.52. The average molecular weight is 581 g/mol. The fraction of sp³-hybridized carbons (Fsp3) is 0.379. The third-order valence-corrected chi connectivity index (χ3v) is 6.73. The van der Waals surface area contributed by atoms with Crippen molar-refractivity contribution in [1.82, 2.24) is 30.0 Å². The summed E-state index contributed by atoms with van der Waals surface area (Å²) in [6.07, 6.45) is 4.63. The monoisotopic (exact) mass is 580 g/mol. The van der Waals surface area contributed by atoms with Gasteiger partial charge in [0.05, 0.1) is 33.1 Å². The van der Waals surface area contributed by atoms with Crippen LogP contribution in [0.25, 0.3) is 11.1 Å². The maximum absolute atomic E-state index is 13.7. The molecule has 3 N–H and O–H groups in total. The van der Waals surface area contributed by atoms with Gasteiger partial charge in [-0.25, -0.2) is 23.7 Å². The number of pyridine rings is 1. The molecule has 222 valence electrons. The van der Waals surface area contributed by atoms with Crippen molar-refractivity contribution < 1.29 is 23.0 Å². The van der Waals surface area contributed by atoms with Crippen LogP contribution in [-0.4, -0.2) is 58.1 Å². The van der Waals surface area contributed by atoms with Gasteiger partial charge in [0.15, 0.2) is 5.82 Å². The molecule has 3 heterocycles. The van der Waals surface area contributed by atoms with E-state index in [1.54, 1.807) is 50.9 Å². The van der Waals surface area contributed by atoms with Crippen molar-refractivity contribution in [2.75, 3.05) is 31.9 Å². The Morgan fingerprint density at radius 1 is 1.00 bits per heavy atom. The molecule has 13 heteroatoms. The molecule has 1 unspecified atom stereocenters. The quantitative estimate of drug-likeness (QED) is 0.184. The van der Waals surface area contributed by atoms with Crippen molar-refractivity contribution in [3.05, 3.63) is 60.3 Å². The first kappa shape index (κ1) is 29.0. The van der Waals surface area contributed by atoms with Crippen LogP contribution < -0.4 is 30.2 Å². The van der Waals surface area contributed by atoms with Gasteiger partial charge in [0.2, 0.25) is 0 Å². The second kappa shape index (κ2) is 13.0. The molecule has 1 saturated carbocycles. The minimum absolute atomic E-state index is 0.133. The first-order valence-corrected chi connectivity index (χ1v) is 13.6. The van der Waals surface area contributed by atoms with Crippen LogP contribution in [0.15, 0.2) is 48.9 Å². The Balaban J connectivity index is 1.37. The molecule has 1 aliphatic rings. The third-order valence-electron chi connectivity index (χ3n) is 6.73. The van der Waals surface area contributed by atoms with Gasteiger partial charge in [-0.3, -0.25) is 4.68 Å². The molecule has 0 radical (unpaired) electrons. The fourth-order valence-corrected chi connectivity index (χ4v) is 4.19. The lowest BCUT2D eigenvalue weighted by Gasteiger charge is -2.14. The Labute approximate surface area is 242 Å². The summed E-state index contributed by atoms with van der Waals surface area (Å²) in [4.78, 5) is 12.5. The molecule has 1 aliphatic carbocycles. The summed E-state index contributed by atoms with van der Waals surface area (Å²) >= 11 is 0. The Morgan fingerprint density at radius 2 is 1.81 bits per heavy atom. The van der Waals surface area contributed by atoms with E-state index in [1.807, 2.05) is 24.0 Å². The summed E-state index contributed by atoms with van der Waals surface area (Å²) in [5.74, 6) is 2.03. The van der Waals surface area contributed by atoms with Gasteiger partial charge in [-0.05, 0) is 38.9 Å². The Kier molecular flexibility index (Phi) is 8.96. The molecule has 3 aromatic heterocycles. The summed E-state index contributed by atoms with van der Waals surface area (Å²) in [6.45, 7) is 3.07. The summed E-state index contributed by atoms with van der Waals surface area (Å²) in [5, 5.41) is 13.8. The van der Waals surface area contributed by atoms with E-state index in [2.05, 4.69) is 42.9 Å². The summed E-state index contributed by atoms with van der Waals surface area (Å²) in [7, 11) is 5.03. The highest BCUT2D eigenvalue weighted by atomic mass is 19.3. The van der Waals surface area contributed by atoms with Crippen molar-refractivity contribution in [2.45, 2.75) is 51.4 Å². The fourth-order valence-electron chi connectivity index (χ4n) is 4.19. The highest BCUT2D eigenvalue weighted by Gasteiger charge is 2.26. The second-order valence-electron chi connectivity index (χ2n) is 9.98. The normalized spacial score (nSPS) is 13.6. The van der Waals surface area contributed by atoms with Crippen molar-refractivity contribution in [1.29, 1.82) is 0 Å². The molecule has 1 aromatic carbocycles. The van der Waals surface area contributed by atoms with Crippen LogP contribution in [0.4, 0.5) is 26.2 Å². The lowest BCUT2D eigenvalue weighted by Crippen LogP contribution is -2.26. The van der Waals surface area contributed by atoms with Gasteiger partial charge in [0.1, 0.15) is 34.7 Å². The second-order valence-corrected chi connectivity index (χ2v) is 9.98.